The van der Waals surface area contributed by atoms with Crippen molar-refractivity contribution < 1.29 is 9.18 Å². The molecule has 0 aliphatic carbocycles. The van der Waals surface area contributed by atoms with E-state index >= 15 is 0 Å². The van der Waals surface area contributed by atoms with E-state index in [1.165, 1.54) is 34.4 Å². The molecule has 0 aliphatic rings. The van der Waals surface area contributed by atoms with Gasteiger partial charge in [0, 0.05) is 16.6 Å². The summed E-state index contributed by atoms with van der Waals surface area (Å²) in [6.07, 6.45) is 2.35. The van der Waals surface area contributed by atoms with Crippen LogP contribution in [-0.4, -0.2) is 15.5 Å². The van der Waals surface area contributed by atoms with Crippen LogP contribution < -0.4 is 10.9 Å². The molecule has 7 heteroatoms. The molecule has 2 aromatic carbocycles. The Hall–Kier alpha value is -3.32. The van der Waals surface area contributed by atoms with Gasteiger partial charge in [-0.05, 0) is 41.7 Å². The largest absolute Gasteiger partial charge is 0.324 e. The molecule has 2 aromatic heterocycles. The predicted octanol–water partition coefficient (Wildman–Crippen LogP) is 5.42. The molecule has 4 rings (SSSR count). The number of fused-ring (bicyclic) bond motifs is 1. The summed E-state index contributed by atoms with van der Waals surface area (Å²) in [5.41, 5.74) is 2.95. The Morgan fingerprint density at radius 3 is 2.68 bits per heavy atom. The molecule has 1 amide bonds. The van der Waals surface area contributed by atoms with E-state index in [4.69, 9.17) is 0 Å². The molecule has 0 bridgehead atoms. The number of aromatic nitrogens is 2. The molecule has 0 fully saturated rings. The van der Waals surface area contributed by atoms with Crippen LogP contribution in [0.2, 0.25) is 0 Å². The van der Waals surface area contributed by atoms with Gasteiger partial charge in [-0.1, -0.05) is 44.2 Å². The number of carbonyl (C=O) groups excluding carboxylic acids is 1. The zero-order valence-corrected chi connectivity index (χ0v) is 18.1. The number of thiophene rings is 1. The molecule has 0 saturated heterocycles. The fourth-order valence-electron chi connectivity index (χ4n) is 3.53. The second-order valence-corrected chi connectivity index (χ2v) is 8.32. The second kappa shape index (κ2) is 8.81. The Labute approximate surface area is 183 Å². The van der Waals surface area contributed by atoms with Crippen molar-refractivity contribution >= 4 is 33.1 Å². The first-order valence-electron chi connectivity index (χ1n) is 10.1. The van der Waals surface area contributed by atoms with Crippen LogP contribution in [0, 0.1) is 5.82 Å². The van der Waals surface area contributed by atoms with Crippen LogP contribution in [0.5, 0.6) is 0 Å². The third-order valence-electron chi connectivity index (χ3n) is 5.41. The number of nitrogens with one attached hydrogen (secondary N) is 1. The van der Waals surface area contributed by atoms with Gasteiger partial charge in [-0.3, -0.25) is 14.2 Å². The highest BCUT2D eigenvalue weighted by atomic mass is 32.1. The first kappa shape index (κ1) is 20.9. The van der Waals surface area contributed by atoms with Gasteiger partial charge >= 0.3 is 0 Å². The topological polar surface area (TPSA) is 64.0 Å². The first-order valence-corrected chi connectivity index (χ1v) is 11.0. The lowest BCUT2D eigenvalue weighted by Crippen LogP contribution is -2.28. The van der Waals surface area contributed by atoms with Crippen LogP contribution in [0.3, 0.4) is 0 Å². The third kappa shape index (κ3) is 4.27. The lowest BCUT2D eigenvalue weighted by atomic mass is 9.97. The molecule has 2 heterocycles. The van der Waals surface area contributed by atoms with Gasteiger partial charge in [0.25, 0.3) is 5.56 Å². The molecule has 0 saturated carbocycles. The van der Waals surface area contributed by atoms with Gasteiger partial charge in [0.2, 0.25) is 5.91 Å². The molecular weight excluding hydrogens is 413 g/mol. The zero-order valence-electron chi connectivity index (χ0n) is 17.3. The Kier molecular flexibility index (Phi) is 5.95. The van der Waals surface area contributed by atoms with E-state index in [0.29, 0.717) is 21.7 Å². The van der Waals surface area contributed by atoms with Crippen molar-refractivity contribution in [2.45, 2.75) is 32.7 Å². The number of hydrogen-bond acceptors (Lipinski definition) is 4. The Morgan fingerprint density at radius 2 is 1.94 bits per heavy atom. The highest BCUT2D eigenvalue weighted by Gasteiger charge is 2.16. The minimum absolute atomic E-state index is 0.144. The van der Waals surface area contributed by atoms with Crippen LogP contribution in [0.1, 0.15) is 31.7 Å². The van der Waals surface area contributed by atoms with E-state index < -0.39 is 0 Å². The van der Waals surface area contributed by atoms with Crippen LogP contribution in [0.25, 0.3) is 21.3 Å². The first-order chi connectivity index (χ1) is 15.0. The SMILES string of the molecule is CC[C@H](C)c1ccccc1NC(=O)Cn1cnc2scc(-c3ccc(F)cc3)c2c1=O. The molecule has 0 radical (unpaired) electrons. The number of hydrogen-bond donors (Lipinski definition) is 1. The predicted molar refractivity (Wildman–Crippen MR) is 123 cm³/mol. The average Bonchev–Trinajstić information content (AvgIpc) is 3.21. The lowest BCUT2D eigenvalue weighted by molar-refractivity contribution is -0.116. The van der Waals surface area contributed by atoms with E-state index in [1.54, 1.807) is 12.1 Å². The van der Waals surface area contributed by atoms with E-state index in [0.717, 1.165) is 23.2 Å². The monoisotopic (exact) mass is 435 g/mol. The number of para-hydroxylation sites is 1. The van der Waals surface area contributed by atoms with Crippen molar-refractivity contribution in [1.29, 1.82) is 0 Å². The summed E-state index contributed by atoms with van der Waals surface area (Å²) in [7, 11) is 0. The quantitative estimate of drug-likeness (QED) is 0.440. The van der Waals surface area contributed by atoms with E-state index in [-0.39, 0.29) is 23.8 Å². The maximum atomic E-state index is 13.3. The van der Waals surface area contributed by atoms with Gasteiger partial charge in [-0.2, -0.15) is 0 Å². The Balaban J connectivity index is 1.63. The zero-order chi connectivity index (χ0) is 22.0. The highest BCUT2D eigenvalue weighted by molar-refractivity contribution is 7.17. The van der Waals surface area contributed by atoms with Crippen molar-refractivity contribution in [3.63, 3.8) is 0 Å². The lowest BCUT2D eigenvalue weighted by Gasteiger charge is -2.16. The molecule has 1 atom stereocenters. The maximum Gasteiger partial charge on any atom is 0.263 e. The van der Waals surface area contributed by atoms with Crippen molar-refractivity contribution in [1.82, 2.24) is 9.55 Å². The molecule has 1 N–H and O–H groups in total. The van der Waals surface area contributed by atoms with Crippen LogP contribution in [-0.2, 0) is 11.3 Å². The smallest absolute Gasteiger partial charge is 0.263 e. The van der Waals surface area contributed by atoms with Gasteiger partial charge < -0.3 is 5.32 Å². The fraction of sp³-hybridized carbons (Fsp3) is 0.208. The number of rotatable bonds is 6. The molecule has 4 aromatic rings. The maximum absolute atomic E-state index is 13.3. The van der Waals surface area contributed by atoms with Gasteiger partial charge in [0.15, 0.2) is 0 Å². The number of anilines is 1. The summed E-state index contributed by atoms with van der Waals surface area (Å²) in [6.45, 7) is 4.07. The van der Waals surface area contributed by atoms with E-state index in [2.05, 4.69) is 24.1 Å². The molecule has 158 valence electrons. The third-order valence-corrected chi connectivity index (χ3v) is 6.29. The summed E-state index contributed by atoms with van der Waals surface area (Å²) in [5.74, 6) is -0.327. The van der Waals surface area contributed by atoms with Crippen LogP contribution in [0.4, 0.5) is 10.1 Å². The molecule has 0 aliphatic heterocycles. The minimum Gasteiger partial charge on any atom is -0.324 e. The Bertz CT molecular complexity index is 1290. The van der Waals surface area contributed by atoms with Crippen LogP contribution >= 0.6 is 11.3 Å². The van der Waals surface area contributed by atoms with E-state index in [9.17, 15) is 14.0 Å². The van der Waals surface area contributed by atoms with Gasteiger partial charge in [0.05, 0.1) is 11.7 Å². The molecule has 0 unspecified atom stereocenters. The van der Waals surface area contributed by atoms with Gasteiger partial charge in [-0.15, -0.1) is 11.3 Å². The normalized spacial score (nSPS) is 12.1. The molecule has 5 nitrogen and oxygen atoms in total. The molecule has 0 spiro atoms. The minimum atomic E-state index is -0.340. The average molecular weight is 436 g/mol. The number of halogens is 1. The fourth-order valence-corrected chi connectivity index (χ4v) is 4.43. The summed E-state index contributed by atoms with van der Waals surface area (Å²) in [4.78, 5) is 30.8. The van der Waals surface area contributed by atoms with Crippen molar-refractivity contribution in [2.24, 2.45) is 0 Å². The molecule has 31 heavy (non-hydrogen) atoms. The second-order valence-electron chi connectivity index (χ2n) is 7.46. The van der Waals surface area contributed by atoms with E-state index in [1.807, 2.05) is 29.6 Å². The number of amides is 1. The van der Waals surface area contributed by atoms with Crippen molar-refractivity contribution in [2.75, 3.05) is 5.32 Å². The summed E-state index contributed by atoms with van der Waals surface area (Å²) in [6, 6.07) is 13.7. The highest BCUT2D eigenvalue weighted by Crippen LogP contribution is 2.31. The number of carbonyl (C=O) groups is 1. The standard InChI is InChI=1S/C24H22FN3O2S/c1-3-15(2)18-6-4-5-7-20(18)27-21(29)12-28-14-26-23-22(24(28)30)19(13-31-23)16-8-10-17(25)11-9-16/h4-11,13-15H,3,12H2,1-2H3,(H,27,29)/t15-/m0/s1. The summed E-state index contributed by atoms with van der Waals surface area (Å²) < 4.78 is 14.6. The summed E-state index contributed by atoms with van der Waals surface area (Å²) in [5, 5.41) is 5.20. The van der Waals surface area contributed by atoms with Crippen molar-refractivity contribution in [3.05, 3.63) is 82.0 Å². The summed E-state index contributed by atoms with van der Waals surface area (Å²) >= 11 is 1.35. The Morgan fingerprint density at radius 1 is 1.19 bits per heavy atom. The van der Waals surface area contributed by atoms with Crippen LogP contribution in [0.15, 0.2) is 65.0 Å². The van der Waals surface area contributed by atoms with Gasteiger partial charge in [-0.25, -0.2) is 9.37 Å². The number of benzene rings is 2. The van der Waals surface area contributed by atoms with Crippen molar-refractivity contribution in [3.8, 4) is 11.1 Å². The number of nitrogens with zero attached hydrogens (tertiary/aromatic N) is 2. The molecular formula is C24H22FN3O2S. The van der Waals surface area contributed by atoms with Gasteiger partial charge in [0.1, 0.15) is 17.2 Å².